The van der Waals surface area contributed by atoms with E-state index in [9.17, 15) is 9.59 Å². The Morgan fingerprint density at radius 3 is 2.78 bits per heavy atom. The number of rotatable bonds is 3. The van der Waals surface area contributed by atoms with Gasteiger partial charge in [0.1, 0.15) is 0 Å². The van der Waals surface area contributed by atoms with Gasteiger partial charge in [0.2, 0.25) is 0 Å². The minimum absolute atomic E-state index is 0.101. The molecule has 0 fully saturated rings. The molecule has 0 spiro atoms. The first kappa shape index (κ1) is 12.6. The molecule has 0 aliphatic carbocycles. The van der Waals surface area contributed by atoms with Crippen LogP contribution in [0.4, 0.5) is 5.69 Å². The summed E-state index contributed by atoms with van der Waals surface area (Å²) in [4.78, 5) is 23.2. The van der Waals surface area contributed by atoms with E-state index in [1.807, 2.05) is 6.92 Å². The number of nitrogens with one attached hydrogen (secondary N) is 1. The summed E-state index contributed by atoms with van der Waals surface area (Å²) in [6.07, 6.45) is 1.60. The molecule has 0 aliphatic rings. The number of anilines is 1. The fourth-order valence-electron chi connectivity index (χ4n) is 1.48. The van der Waals surface area contributed by atoms with Gasteiger partial charge in [0, 0.05) is 18.8 Å². The third kappa shape index (κ3) is 2.70. The van der Waals surface area contributed by atoms with E-state index in [4.69, 9.17) is 4.42 Å². The monoisotopic (exact) mass is 310 g/mol. The van der Waals surface area contributed by atoms with Crippen LogP contribution in [0, 0.1) is 0 Å². The first-order chi connectivity index (χ1) is 8.60. The van der Waals surface area contributed by atoms with E-state index in [0.717, 1.165) is 0 Å². The van der Waals surface area contributed by atoms with Crippen LogP contribution in [0.3, 0.4) is 0 Å². The Morgan fingerprint density at radius 2 is 2.17 bits per heavy atom. The van der Waals surface area contributed by atoms with Crippen molar-refractivity contribution in [2.45, 2.75) is 13.5 Å². The number of pyridine rings is 1. The third-order valence-corrected chi connectivity index (χ3v) is 2.81. The third-order valence-electron chi connectivity index (χ3n) is 2.38. The highest BCUT2D eigenvalue weighted by Gasteiger charge is 2.10. The van der Waals surface area contributed by atoms with Crippen LogP contribution in [0.15, 0.2) is 44.3 Å². The molecule has 0 bridgehead atoms. The van der Waals surface area contributed by atoms with Gasteiger partial charge < -0.3 is 14.3 Å². The molecule has 5 nitrogen and oxygen atoms in total. The van der Waals surface area contributed by atoms with Crippen LogP contribution in [0.25, 0.3) is 0 Å². The standard InChI is InChI=1S/C12H11BrN2O3/c1-2-15-7-8(3-6-11(15)16)14-12(17)9-4-5-10(13)18-9/h3-7H,2H2,1H3,(H,14,17). The number of furan rings is 1. The van der Waals surface area contributed by atoms with Crippen molar-refractivity contribution < 1.29 is 9.21 Å². The maximum atomic E-state index is 11.8. The molecule has 0 aromatic carbocycles. The Hall–Kier alpha value is -1.82. The zero-order chi connectivity index (χ0) is 13.1. The van der Waals surface area contributed by atoms with Crippen molar-refractivity contribution in [1.29, 1.82) is 0 Å². The van der Waals surface area contributed by atoms with E-state index in [1.165, 1.54) is 10.6 Å². The first-order valence-electron chi connectivity index (χ1n) is 5.37. The SMILES string of the molecule is CCn1cc(NC(=O)c2ccc(Br)o2)ccc1=O. The zero-order valence-corrected chi connectivity index (χ0v) is 11.2. The fourth-order valence-corrected chi connectivity index (χ4v) is 1.79. The summed E-state index contributed by atoms with van der Waals surface area (Å²) in [6.45, 7) is 2.41. The van der Waals surface area contributed by atoms with Gasteiger partial charge in [-0.05, 0) is 41.1 Å². The number of aromatic nitrogens is 1. The smallest absolute Gasteiger partial charge is 0.291 e. The fraction of sp³-hybridized carbons (Fsp3) is 0.167. The van der Waals surface area contributed by atoms with Crippen LogP contribution < -0.4 is 10.9 Å². The van der Waals surface area contributed by atoms with E-state index in [-0.39, 0.29) is 17.2 Å². The number of hydrogen-bond donors (Lipinski definition) is 1. The molecule has 0 saturated heterocycles. The number of aryl methyl sites for hydroxylation is 1. The van der Waals surface area contributed by atoms with Gasteiger partial charge >= 0.3 is 0 Å². The molecule has 1 amide bonds. The van der Waals surface area contributed by atoms with Gasteiger partial charge in [-0.3, -0.25) is 9.59 Å². The summed E-state index contributed by atoms with van der Waals surface area (Å²) in [5, 5.41) is 2.66. The van der Waals surface area contributed by atoms with Gasteiger partial charge in [-0.2, -0.15) is 0 Å². The van der Waals surface area contributed by atoms with Crippen molar-refractivity contribution in [2.24, 2.45) is 0 Å². The molecule has 2 aromatic heterocycles. The molecular weight excluding hydrogens is 300 g/mol. The Morgan fingerprint density at radius 1 is 1.39 bits per heavy atom. The molecule has 0 radical (unpaired) electrons. The normalized spacial score (nSPS) is 10.3. The van der Waals surface area contributed by atoms with Gasteiger partial charge in [0.15, 0.2) is 10.4 Å². The quantitative estimate of drug-likeness (QED) is 0.947. The molecule has 0 unspecified atom stereocenters. The van der Waals surface area contributed by atoms with Gasteiger partial charge in [-0.1, -0.05) is 0 Å². The maximum Gasteiger partial charge on any atom is 0.291 e. The van der Waals surface area contributed by atoms with Crippen LogP contribution in [-0.4, -0.2) is 10.5 Å². The minimum atomic E-state index is -0.359. The highest BCUT2D eigenvalue weighted by molar-refractivity contribution is 9.10. The number of nitrogens with zero attached hydrogens (tertiary/aromatic N) is 1. The van der Waals surface area contributed by atoms with Crippen molar-refractivity contribution in [1.82, 2.24) is 4.57 Å². The van der Waals surface area contributed by atoms with Crippen LogP contribution in [0.1, 0.15) is 17.5 Å². The number of halogens is 1. The van der Waals surface area contributed by atoms with E-state index >= 15 is 0 Å². The van der Waals surface area contributed by atoms with Crippen molar-refractivity contribution in [3.05, 3.63) is 51.2 Å². The van der Waals surface area contributed by atoms with Crippen LogP contribution in [-0.2, 0) is 6.54 Å². The summed E-state index contributed by atoms with van der Waals surface area (Å²) < 4.78 is 7.13. The average Bonchev–Trinajstić information content (AvgIpc) is 2.78. The van der Waals surface area contributed by atoms with Crippen molar-refractivity contribution in [3.8, 4) is 0 Å². The minimum Gasteiger partial charge on any atom is -0.444 e. The lowest BCUT2D eigenvalue weighted by molar-refractivity contribution is 0.0995. The summed E-state index contributed by atoms with van der Waals surface area (Å²) in [5.74, 6) is -0.155. The lowest BCUT2D eigenvalue weighted by atomic mass is 10.3. The summed E-state index contributed by atoms with van der Waals surface area (Å²) in [6, 6.07) is 6.18. The molecule has 6 heteroatoms. The summed E-state index contributed by atoms with van der Waals surface area (Å²) in [7, 11) is 0. The molecule has 0 saturated carbocycles. The number of carbonyl (C=O) groups is 1. The Kier molecular flexibility index (Phi) is 3.66. The van der Waals surface area contributed by atoms with Gasteiger partial charge in [-0.25, -0.2) is 0 Å². The maximum absolute atomic E-state index is 11.8. The number of amides is 1. The van der Waals surface area contributed by atoms with Gasteiger partial charge in [0.05, 0.1) is 5.69 Å². The van der Waals surface area contributed by atoms with E-state index in [0.29, 0.717) is 16.9 Å². The topological polar surface area (TPSA) is 64.2 Å². The van der Waals surface area contributed by atoms with Crippen molar-refractivity contribution >= 4 is 27.5 Å². The number of hydrogen-bond acceptors (Lipinski definition) is 3. The molecule has 0 aliphatic heterocycles. The Balaban J connectivity index is 2.19. The second-order valence-corrected chi connectivity index (χ2v) is 4.38. The highest BCUT2D eigenvalue weighted by atomic mass is 79.9. The summed E-state index contributed by atoms with van der Waals surface area (Å²) in [5.41, 5.74) is 0.449. The summed E-state index contributed by atoms with van der Waals surface area (Å²) >= 11 is 3.13. The predicted octanol–water partition coefficient (Wildman–Crippen LogP) is 2.48. The van der Waals surface area contributed by atoms with Crippen LogP contribution >= 0.6 is 15.9 Å². The van der Waals surface area contributed by atoms with Gasteiger partial charge in [0.25, 0.3) is 11.5 Å². The highest BCUT2D eigenvalue weighted by Crippen LogP contribution is 2.15. The molecule has 2 heterocycles. The second kappa shape index (κ2) is 5.22. The van der Waals surface area contributed by atoms with Crippen molar-refractivity contribution in [2.75, 3.05) is 5.32 Å². The molecule has 18 heavy (non-hydrogen) atoms. The van der Waals surface area contributed by atoms with Crippen LogP contribution in [0.2, 0.25) is 0 Å². The molecule has 2 aromatic rings. The predicted molar refractivity (Wildman–Crippen MR) is 70.7 cm³/mol. The first-order valence-corrected chi connectivity index (χ1v) is 6.16. The van der Waals surface area contributed by atoms with E-state index in [2.05, 4.69) is 21.2 Å². The Labute approximate surface area is 112 Å². The second-order valence-electron chi connectivity index (χ2n) is 3.60. The molecular formula is C12H11BrN2O3. The average molecular weight is 311 g/mol. The number of carbonyl (C=O) groups excluding carboxylic acids is 1. The van der Waals surface area contributed by atoms with E-state index < -0.39 is 0 Å². The molecule has 2 rings (SSSR count). The largest absolute Gasteiger partial charge is 0.444 e. The molecule has 94 valence electrons. The zero-order valence-electron chi connectivity index (χ0n) is 9.64. The van der Waals surface area contributed by atoms with Gasteiger partial charge in [-0.15, -0.1) is 0 Å². The van der Waals surface area contributed by atoms with E-state index in [1.54, 1.807) is 24.4 Å². The lowest BCUT2D eigenvalue weighted by Gasteiger charge is -2.06. The lowest BCUT2D eigenvalue weighted by Crippen LogP contribution is -2.19. The van der Waals surface area contributed by atoms with Crippen LogP contribution in [0.5, 0.6) is 0 Å². The Bertz CT molecular complexity index is 630. The molecule has 1 N–H and O–H groups in total. The molecule has 0 atom stereocenters. The van der Waals surface area contributed by atoms with Crippen molar-refractivity contribution in [3.63, 3.8) is 0 Å².